The zero-order valence-corrected chi connectivity index (χ0v) is 20.6. The summed E-state index contributed by atoms with van der Waals surface area (Å²) in [6.07, 6.45) is 2.07. The van der Waals surface area contributed by atoms with Gasteiger partial charge < -0.3 is 34.3 Å². The number of hydrogen-bond donors (Lipinski definition) is 2. The van der Waals surface area contributed by atoms with Crippen molar-refractivity contribution >= 4 is 6.08 Å². The maximum absolute atomic E-state index is 9.99. The second-order valence-electron chi connectivity index (χ2n) is 8.49. The first-order valence-electron chi connectivity index (χ1n) is 11.2. The average Bonchev–Trinajstić information content (AvgIpc) is 2.87. The lowest BCUT2D eigenvalue weighted by atomic mass is 9.80. The number of methoxy groups -OCH3 is 4. The maximum Gasteiger partial charge on any atom is 0.205 e. The van der Waals surface area contributed by atoms with Gasteiger partial charge in [0.25, 0.3) is 0 Å². The van der Waals surface area contributed by atoms with Crippen molar-refractivity contribution in [1.29, 1.82) is 5.26 Å². The quantitative estimate of drug-likeness (QED) is 0.660. The maximum atomic E-state index is 9.99. The van der Waals surface area contributed by atoms with E-state index in [0.717, 1.165) is 28.8 Å². The molecule has 182 valence electrons. The van der Waals surface area contributed by atoms with Gasteiger partial charge in [0.05, 0.1) is 41.4 Å². The second kappa shape index (κ2) is 10.0. The Bertz CT molecular complexity index is 1270. The van der Waals surface area contributed by atoms with Gasteiger partial charge in [-0.15, -0.1) is 0 Å². The number of rotatable bonds is 6. The van der Waals surface area contributed by atoms with E-state index in [9.17, 15) is 5.26 Å². The Morgan fingerprint density at radius 2 is 1.57 bits per heavy atom. The van der Waals surface area contributed by atoms with Crippen LogP contribution in [0.2, 0.25) is 0 Å². The number of hydrogen-bond acceptors (Lipinski definition) is 7. The summed E-state index contributed by atoms with van der Waals surface area (Å²) in [5.41, 5.74) is 10.5. The first-order chi connectivity index (χ1) is 16.9. The van der Waals surface area contributed by atoms with E-state index in [2.05, 4.69) is 19.2 Å². The summed E-state index contributed by atoms with van der Waals surface area (Å²) in [6, 6.07) is 13.7. The largest absolute Gasteiger partial charge is 0.493 e. The summed E-state index contributed by atoms with van der Waals surface area (Å²) in [5.74, 6) is 2.99. The standard InChI is InChI=1S/C27H29N3O5/c1-30-14-18(10-16-6-8-21(31-2)23(11-16)33-4)26-20(15-30)25(19(13-28)27(29)35-26)17-7-9-22(32-3)24(12-17)34-5/h6-12,25H,14-15,29H2,1-5H3/p+1/b18-10+/t25-/m1/s1. The molecule has 35 heavy (non-hydrogen) atoms. The molecule has 8 heteroatoms. The van der Waals surface area contributed by atoms with Gasteiger partial charge in [-0.1, -0.05) is 12.1 Å². The lowest BCUT2D eigenvalue weighted by Crippen LogP contribution is -3.10. The number of quaternary nitrogens is 1. The molecule has 4 rings (SSSR count). The molecule has 0 radical (unpaired) electrons. The highest BCUT2D eigenvalue weighted by molar-refractivity contribution is 5.64. The van der Waals surface area contributed by atoms with Gasteiger partial charge in [-0.25, -0.2) is 0 Å². The second-order valence-corrected chi connectivity index (χ2v) is 8.49. The van der Waals surface area contributed by atoms with Gasteiger partial charge >= 0.3 is 0 Å². The van der Waals surface area contributed by atoms with Crippen molar-refractivity contribution in [2.45, 2.75) is 5.92 Å². The highest BCUT2D eigenvalue weighted by Crippen LogP contribution is 2.43. The average molecular weight is 477 g/mol. The molecular weight excluding hydrogens is 446 g/mol. The minimum Gasteiger partial charge on any atom is -0.493 e. The van der Waals surface area contributed by atoms with Crippen molar-refractivity contribution in [2.75, 3.05) is 48.6 Å². The fourth-order valence-corrected chi connectivity index (χ4v) is 4.71. The molecule has 2 aromatic carbocycles. The van der Waals surface area contributed by atoms with Crippen LogP contribution in [0.1, 0.15) is 17.0 Å². The molecule has 0 amide bonds. The molecule has 8 nitrogen and oxygen atoms in total. The van der Waals surface area contributed by atoms with Gasteiger partial charge in [0.15, 0.2) is 23.0 Å². The summed E-state index contributed by atoms with van der Waals surface area (Å²) < 4.78 is 27.9. The van der Waals surface area contributed by atoms with Crippen molar-refractivity contribution in [1.82, 2.24) is 0 Å². The minimum atomic E-state index is -0.354. The Morgan fingerprint density at radius 1 is 0.943 bits per heavy atom. The monoisotopic (exact) mass is 476 g/mol. The van der Waals surface area contributed by atoms with Crippen LogP contribution in [0.3, 0.4) is 0 Å². The molecule has 2 atom stereocenters. The Hall–Kier alpha value is -4.09. The zero-order valence-electron chi connectivity index (χ0n) is 20.6. The van der Waals surface area contributed by atoms with Gasteiger partial charge in [0, 0.05) is 11.1 Å². The van der Waals surface area contributed by atoms with Gasteiger partial charge in [0.2, 0.25) is 5.88 Å². The SMILES string of the molecule is COc1ccc(/C=C2\C[NH+](C)CC3=C2OC(N)=C(C#N)[C@H]3c2ccc(OC)c(OC)c2)cc1OC. The number of likely N-dealkylation sites (N-methyl/N-ethyl adjacent to an activating group) is 1. The Morgan fingerprint density at radius 3 is 2.20 bits per heavy atom. The van der Waals surface area contributed by atoms with E-state index >= 15 is 0 Å². The lowest BCUT2D eigenvalue weighted by molar-refractivity contribution is -0.871. The van der Waals surface area contributed by atoms with Crippen LogP contribution in [0, 0.1) is 11.3 Å². The molecule has 0 bridgehead atoms. The molecule has 2 heterocycles. The summed E-state index contributed by atoms with van der Waals surface area (Å²) in [5, 5.41) is 9.99. The third-order valence-electron chi connectivity index (χ3n) is 6.29. The van der Waals surface area contributed by atoms with E-state index in [1.54, 1.807) is 28.4 Å². The van der Waals surface area contributed by atoms with Crippen LogP contribution >= 0.6 is 0 Å². The van der Waals surface area contributed by atoms with E-state index in [0.29, 0.717) is 40.9 Å². The molecule has 1 unspecified atom stereocenters. The molecule has 0 aromatic heterocycles. The molecule has 0 saturated carbocycles. The van der Waals surface area contributed by atoms with E-state index in [1.165, 1.54) is 4.90 Å². The summed E-state index contributed by atoms with van der Waals surface area (Å²) >= 11 is 0. The molecule has 2 aromatic rings. The van der Waals surface area contributed by atoms with Crippen molar-refractivity contribution < 1.29 is 28.6 Å². The fraction of sp³-hybridized carbons (Fsp3) is 0.296. The number of nitrogens with two attached hydrogens (primary N) is 1. The predicted octanol–water partition coefficient (Wildman–Crippen LogP) is 2.39. The summed E-state index contributed by atoms with van der Waals surface area (Å²) in [7, 11) is 8.52. The van der Waals surface area contributed by atoms with Gasteiger partial charge in [0.1, 0.15) is 30.5 Å². The molecule has 0 aliphatic carbocycles. The Balaban J connectivity index is 1.85. The smallest absolute Gasteiger partial charge is 0.205 e. The van der Waals surface area contributed by atoms with Crippen LogP contribution in [-0.4, -0.2) is 48.6 Å². The topological polar surface area (TPSA) is 100 Å². The molecule has 0 fully saturated rings. The van der Waals surface area contributed by atoms with Crippen molar-refractivity contribution in [2.24, 2.45) is 5.73 Å². The van der Waals surface area contributed by atoms with Crippen LogP contribution in [0.4, 0.5) is 0 Å². The number of ether oxygens (including phenoxy) is 5. The van der Waals surface area contributed by atoms with Crippen molar-refractivity contribution in [3.63, 3.8) is 0 Å². The van der Waals surface area contributed by atoms with E-state index in [-0.39, 0.29) is 11.8 Å². The molecule has 3 N–H and O–H groups in total. The summed E-state index contributed by atoms with van der Waals surface area (Å²) in [6.45, 7) is 1.44. The normalized spacial score (nSPS) is 20.6. The summed E-state index contributed by atoms with van der Waals surface area (Å²) in [4.78, 5) is 1.27. The van der Waals surface area contributed by atoms with Crippen molar-refractivity contribution in [3.05, 3.63) is 75.9 Å². The van der Waals surface area contributed by atoms with Crippen LogP contribution in [0.5, 0.6) is 23.0 Å². The van der Waals surface area contributed by atoms with E-state index in [4.69, 9.17) is 29.4 Å². The van der Waals surface area contributed by atoms with E-state index in [1.807, 2.05) is 36.4 Å². The number of nitrogens with one attached hydrogen (secondary N) is 1. The number of nitrogens with zero attached hydrogens (tertiary/aromatic N) is 1. The van der Waals surface area contributed by atoms with E-state index < -0.39 is 0 Å². The highest BCUT2D eigenvalue weighted by Gasteiger charge is 2.39. The van der Waals surface area contributed by atoms with Crippen molar-refractivity contribution in [3.8, 4) is 29.1 Å². The first kappa shape index (κ1) is 24.0. The highest BCUT2D eigenvalue weighted by atomic mass is 16.5. The fourth-order valence-electron chi connectivity index (χ4n) is 4.71. The molecule has 0 spiro atoms. The predicted molar refractivity (Wildman–Crippen MR) is 131 cm³/mol. The molecular formula is C27H30N3O5+. The van der Waals surface area contributed by atoms with Gasteiger partial charge in [-0.2, -0.15) is 5.26 Å². The number of nitriles is 1. The van der Waals surface area contributed by atoms with Gasteiger partial charge in [-0.05, 0) is 41.5 Å². The molecule has 2 aliphatic heterocycles. The Kier molecular flexibility index (Phi) is 6.90. The Labute approximate surface area is 205 Å². The van der Waals surface area contributed by atoms with Crippen LogP contribution in [0.15, 0.2) is 64.8 Å². The van der Waals surface area contributed by atoms with Crippen LogP contribution < -0.4 is 29.6 Å². The van der Waals surface area contributed by atoms with Crippen LogP contribution in [0.25, 0.3) is 6.08 Å². The first-order valence-corrected chi connectivity index (χ1v) is 11.2. The number of allylic oxidation sites excluding steroid dienone is 1. The minimum absolute atomic E-state index is 0.115. The molecule has 2 aliphatic rings. The lowest BCUT2D eigenvalue weighted by Gasteiger charge is -2.35. The zero-order chi connectivity index (χ0) is 25.1. The third kappa shape index (κ3) is 4.51. The van der Waals surface area contributed by atoms with Crippen LogP contribution in [-0.2, 0) is 4.74 Å². The van der Waals surface area contributed by atoms with Gasteiger partial charge in [-0.3, -0.25) is 0 Å². The third-order valence-corrected chi connectivity index (χ3v) is 6.29. The molecule has 0 saturated heterocycles. The number of benzene rings is 2.